The summed E-state index contributed by atoms with van der Waals surface area (Å²) in [6.07, 6.45) is 3.18. The van der Waals surface area contributed by atoms with Crippen molar-refractivity contribution in [3.63, 3.8) is 0 Å². The quantitative estimate of drug-likeness (QED) is 0.149. The third kappa shape index (κ3) is 7.15. The summed E-state index contributed by atoms with van der Waals surface area (Å²) in [6, 6.07) is 2.51. The van der Waals surface area contributed by atoms with E-state index in [1.54, 1.807) is 6.20 Å². The minimum atomic E-state index is -1.39. The zero-order valence-electron chi connectivity index (χ0n) is 20.4. The van der Waals surface area contributed by atoms with Gasteiger partial charge in [-0.2, -0.15) is 0 Å². The Balaban J connectivity index is 1.79. The van der Waals surface area contributed by atoms with E-state index in [2.05, 4.69) is 30.9 Å². The first-order valence-electron chi connectivity index (χ1n) is 11.7. The van der Waals surface area contributed by atoms with Crippen molar-refractivity contribution in [1.82, 2.24) is 30.9 Å². The summed E-state index contributed by atoms with van der Waals surface area (Å²) < 4.78 is 0. The maximum atomic E-state index is 13.2. The Hall–Kier alpha value is -4.23. The number of aliphatic hydroxyl groups is 1. The molecule has 0 aliphatic heterocycles. The van der Waals surface area contributed by atoms with Crippen molar-refractivity contribution < 1.29 is 29.4 Å². The van der Waals surface area contributed by atoms with E-state index in [-0.39, 0.29) is 12.8 Å². The predicted octanol–water partition coefficient (Wildman–Crippen LogP) is -1.06. The van der Waals surface area contributed by atoms with Crippen LogP contribution in [0.5, 0.6) is 0 Å². The van der Waals surface area contributed by atoms with E-state index in [1.807, 2.05) is 24.3 Å². The molecule has 9 N–H and O–H groups in total. The highest BCUT2D eigenvalue weighted by Crippen LogP contribution is 2.19. The lowest BCUT2D eigenvalue weighted by molar-refractivity contribution is -0.142. The smallest absolute Gasteiger partial charge is 0.326 e. The number of H-pyrrole nitrogens is 2. The lowest BCUT2D eigenvalue weighted by atomic mass is 10.0. The average molecular weight is 514 g/mol. The van der Waals surface area contributed by atoms with Crippen LogP contribution >= 0.6 is 0 Å². The molecule has 198 valence electrons. The van der Waals surface area contributed by atoms with Gasteiger partial charge in [0.25, 0.3) is 0 Å². The van der Waals surface area contributed by atoms with Crippen LogP contribution in [0.2, 0.25) is 0 Å². The number of aliphatic hydroxyl groups excluding tert-OH is 1. The fourth-order valence-electron chi connectivity index (χ4n) is 3.77. The fourth-order valence-corrected chi connectivity index (χ4v) is 3.77. The van der Waals surface area contributed by atoms with E-state index in [1.165, 1.54) is 26.4 Å². The molecule has 0 bridgehead atoms. The maximum Gasteiger partial charge on any atom is 0.326 e. The number of aromatic nitrogens is 3. The molecule has 13 nitrogen and oxygen atoms in total. The number of fused-ring (bicyclic) bond motifs is 1. The molecule has 0 saturated heterocycles. The van der Waals surface area contributed by atoms with Gasteiger partial charge in [0.2, 0.25) is 17.7 Å². The lowest BCUT2D eigenvalue weighted by Gasteiger charge is -2.26. The van der Waals surface area contributed by atoms with Gasteiger partial charge in [-0.1, -0.05) is 18.2 Å². The number of hydrogen-bond donors (Lipinski definition) is 8. The average Bonchev–Trinajstić information content (AvgIpc) is 3.51. The largest absolute Gasteiger partial charge is 0.480 e. The van der Waals surface area contributed by atoms with Crippen LogP contribution in [0.3, 0.4) is 0 Å². The summed E-state index contributed by atoms with van der Waals surface area (Å²) in [7, 11) is 0. The Morgan fingerprint density at radius 1 is 0.973 bits per heavy atom. The molecule has 0 fully saturated rings. The second kappa shape index (κ2) is 12.1. The summed E-state index contributed by atoms with van der Waals surface area (Å²) in [5.41, 5.74) is 7.56. The van der Waals surface area contributed by atoms with Gasteiger partial charge in [-0.25, -0.2) is 9.78 Å². The van der Waals surface area contributed by atoms with Gasteiger partial charge in [0, 0.05) is 41.8 Å². The number of nitrogens with one attached hydrogen (secondary N) is 5. The van der Waals surface area contributed by atoms with Crippen LogP contribution in [0.4, 0.5) is 0 Å². The minimum Gasteiger partial charge on any atom is -0.480 e. The van der Waals surface area contributed by atoms with Gasteiger partial charge in [0.05, 0.1) is 18.5 Å². The number of aromatic amines is 2. The van der Waals surface area contributed by atoms with Gasteiger partial charge in [-0.15, -0.1) is 0 Å². The van der Waals surface area contributed by atoms with Gasteiger partial charge < -0.3 is 41.9 Å². The summed E-state index contributed by atoms with van der Waals surface area (Å²) >= 11 is 0. The van der Waals surface area contributed by atoms with E-state index < -0.39 is 54.0 Å². The first kappa shape index (κ1) is 27.4. The lowest BCUT2D eigenvalue weighted by Crippen LogP contribution is -2.60. The summed E-state index contributed by atoms with van der Waals surface area (Å²) in [4.78, 5) is 60.0. The third-order valence-corrected chi connectivity index (χ3v) is 5.80. The number of aliphatic carboxylic acids is 1. The molecule has 0 aliphatic rings. The zero-order valence-corrected chi connectivity index (χ0v) is 20.4. The molecule has 0 aliphatic carbocycles. The fraction of sp³-hybridized carbons (Fsp3) is 0.375. The van der Waals surface area contributed by atoms with Crippen molar-refractivity contribution in [1.29, 1.82) is 0 Å². The van der Waals surface area contributed by atoms with Crippen LogP contribution in [-0.4, -0.2) is 79.1 Å². The molecule has 0 saturated carbocycles. The highest BCUT2D eigenvalue weighted by atomic mass is 16.4. The maximum absolute atomic E-state index is 13.2. The number of carboxylic acid groups (broad SMARTS) is 1. The number of carbonyl (C=O) groups is 4. The normalized spacial score (nSPS) is 15.2. The number of amides is 3. The summed E-state index contributed by atoms with van der Waals surface area (Å²) in [5, 5.41) is 28.0. The molecule has 3 aromatic rings. The summed E-state index contributed by atoms with van der Waals surface area (Å²) in [6.45, 7) is 2.72. The number of nitrogens with two attached hydrogens (primary N) is 1. The van der Waals surface area contributed by atoms with Crippen LogP contribution in [0.15, 0.2) is 43.0 Å². The molecule has 2 heterocycles. The first-order valence-corrected chi connectivity index (χ1v) is 11.7. The van der Waals surface area contributed by atoms with Gasteiger partial charge in [0.1, 0.15) is 18.1 Å². The highest BCUT2D eigenvalue weighted by molar-refractivity contribution is 5.94. The van der Waals surface area contributed by atoms with Crippen molar-refractivity contribution >= 4 is 34.6 Å². The number of para-hydroxylation sites is 1. The van der Waals surface area contributed by atoms with Crippen molar-refractivity contribution in [3.05, 3.63) is 54.2 Å². The van der Waals surface area contributed by atoms with Crippen molar-refractivity contribution in [2.24, 2.45) is 5.73 Å². The number of imidazole rings is 1. The van der Waals surface area contributed by atoms with Crippen molar-refractivity contribution in [2.45, 2.75) is 57.0 Å². The number of benzene rings is 1. The number of hydrogen-bond acceptors (Lipinski definition) is 7. The van der Waals surface area contributed by atoms with Crippen LogP contribution in [0, 0.1) is 0 Å². The molecule has 5 atom stereocenters. The molecular formula is C24H31N7O6. The number of carboxylic acids is 1. The van der Waals surface area contributed by atoms with Gasteiger partial charge in [-0.3, -0.25) is 14.4 Å². The van der Waals surface area contributed by atoms with E-state index in [4.69, 9.17) is 5.73 Å². The van der Waals surface area contributed by atoms with Crippen LogP contribution in [0.25, 0.3) is 10.9 Å². The van der Waals surface area contributed by atoms with E-state index in [0.717, 1.165) is 10.9 Å². The Bertz CT molecular complexity index is 1240. The Kier molecular flexibility index (Phi) is 8.98. The molecule has 5 unspecified atom stereocenters. The Labute approximate surface area is 212 Å². The number of carbonyl (C=O) groups excluding carboxylic acids is 3. The van der Waals surface area contributed by atoms with Crippen molar-refractivity contribution in [3.8, 4) is 0 Å². The zero-order chi connectivity index (χ0) is 27.1. The molecule has 13 heteroatoms. The van der Waals surface area contributed by atoms with E-state index >= 15 is 0 Å². The molecule has 1 aromatic carbocycles. The Morgan fingerprint density at radius 3 is 2.30 bits per heavy atom. The minimum absolute atomic E-state index is 0.00342. The number of rotatable bonds is 12. The molecule has 2 aromatic heterocycles. The van der Waals surface area contributed by atoms with Crippen LogP contribution < -0.4 is 21.7 Å². The standard InChI is InChI=1S/C24H31N7O6/c1-12(25)21(33)31-20(13(2)32)23(35)29-18(8-15-10-26-11-28-15)22(34)30-19(24(36)37)7-14-9-27-17-6-4-3-5-16(14)17/h3-6,9-13,18-20,27,32H,7-8,25H2,1-2H3,(H,26,28)(H,29,35)(H,30,34)(H,31,33)(H,36,37). The first-order chi connectivity index (χ1) is 17.6. The molecule has 0 radical (unpaired) electrons. The molecule has 3 rings (SSSR count). The third-order valence-electron chi connectivity index (χ3n) is 5.80. The van der Waals surface area contributed by atoms with Gasteiger partial charge in [-0.05, 0) is 25.5 Å². The second-order valence-corrected chi connectivity index (χ2v) is 8.82. The topological polar surface area (TPSA) is 215 Å². The second-order valence-electron chi connectivity index (χ2n) is 8.82. The molecule has 37 heavy (non-hydrogen) atoms. The molecular weight excluding hydrogens is 482 g/mol. The van der Waals surface area contributed by atoms with Crippen molar-refractivity contribution in [2.75, 3.05) is 0 Å². The Morgan fingerprint density at radius 2 is 1.68 bits per heavy atom. The van der Waals surface area contributed by atoms with E-state index in [9.17, 15) is 29.4 Å². The highest BCUT2D eigenvalue weighted by Gasteiger charge is 2.32. The molecule has 0 spiro atoms. The number of nitrogens with zero attached hydrogens (tertiary/aromatic N) is 1. The van der Waals surface area contributed by atoms with E-state index in [0.29, 0.717) is 11.3 Å². The van der Waals surface area contributed by atoms with Gasteiger partial charge >= 0.3 is 5.97 Å². The van der Waals surface area contributed by atoms with Gasteiger partial charge in [0.15, 0.2) is 0 Å². The summed E-state index contributed by atoms with van der Waals surface area (Å²) in [5.74, 6) is -3.53. The SMILES string of the molecule is CC(N)C(=O)NC(C(=O)NC(Cc1cnc[nH]1)C(=O)NC(Cc1c[nH]c2ccccc12)C(=O)O)C(C)O. The monoisotopic (exact) mass is 513 g/mol. The molecule has 3 amide bonds. The van der Waals surface area contributed by atoms with Crippen LogP contribution in [0.1, 0.15) is 25.1 Å². The van der Waals surface area contributed by atoms with Crippen LogP contribution in [-0.2, 0) is 32.0 Å². The predicted molar refractivity (Wildman–Crippen MR) is 133 cm³/mol.